The summed E-state index contributed by atoms with van der Waals surface area (Å²) in [5, 5.41) is 9.44. The second kappa shape index (κ2) is 4.60. The maximum absolute atomic E-state index is 11.9. The van der Waals surface area contributed by atoms with Crippen molar-refractivity contribution in [1.82, 2.24) is 9.03 Å². The first-order chi connectivity index (χ1) is 7.49. The van der Waals surface area contributed by atoms with E-state index in [4.69, 9.17) is 0 Å². The van der Waals surface area contributed by atoms with Crippen LogP contribution >= 0.6 is 0 Å². The van der Waals surface area contributed by atoms with Crippen molar-refractivity contribution in [3.05, 3.63) is 0 Å². The van der Waals surface area contributed by atoms with Gasteiger partial charge in [-0.25, -0.2) is 0 Å². The lowest BCUT2D eigenvalue weighted by atomic mass is 9.93. The monoisotopic (exact) mass is 248 g/mol. The number of nitrogens with zero attached hydrogens (tertiary/aromatic N) is 1. The van der Waals surface area contributed by atoms with E-state index in [0.717, 1.165) is 25.7 Å². The lowest BCUT2D eigenvalue weighted by Gasteiger charge is -2.32. The number of aliphatic hydroxyl groups is 1. The molecule has 2 rings (SSSR count). The number of nitrogens with one attached hydrogen (secondary N) is 1. The van der Waals surface area contributed by atoms with E-state index in [1.54, 1.807) is 6.92 Å². The molecule has 0 bridgehead atoms. The Bertz CT molecular complexity index is 330. The average molecular weight is 248 g/mol. The molecule has 1 saturated carbocycles. The van der Waals surface area contributed by atoms with Crippen molar-refractivity contribution < 1.29 is 13.5 Å². The minimum atomic E-state index is -3.27. The van der Waals surface area contributed by atoms with Gasteiger partial charge in [-0.05, 0) is 38.5 Å². The van der Waals surface area contributed by atoms with Crippen LogP contribution in [0.25, 0.3) is 0 Å². The molecule has 0 aromatic rings. The number of hydrogen-bond donors (Lipinski definition) is 2. The van der Waals surface area contributed by atoms with Gasteiger partial charge in [0.05, 0.1) is 6.10 Å². The Morgan fingerprint density at radius 1 is 1.25 bits per heavy atom. The third-order valence-corrected chi connectivity index (χ3v) is 5.09. The fourth-order valence-corrected chi connectivity index (χ4v) is 3.58. The van der Waals surface area contributed by atoms with Crippen LogP contribution in [0.15, 0.2) is 0 Å². The molecule has 1 heterocycles. The Morgan fingerprint density at radius 3 is 2.25 bits per heavy atom. The maximum atomic E-state index is 11.9. The number of aliphatic hydroxyl groups excluding tert-OH is 1. The lowest BCUT2D eigenvalue weighted by Crippen LogP contribution is -2.46. The summed E-state index contributed by atoms with van der Waals surface area (Å²) in [5.74, 6) is 0.243. The molecule has 1 aliphatic carbocycles. The fourth-order valence-electron chi connectivity index (χ4n) is 2.08. The first kappa shape index (κ1) is 12.3. The van der Waals surface area contributed by atoms with Crippen LogP contribution in [0.1, 0.15) is 32.6 Å². The highest BCUT2D eigenvalue weighted by Crippen LogP contribution is 2.24. The van der Waals surface area contributed by atoms with Crippen LogP contribution in [0.5, 0.6) is 0 Å². The number of rotatable bonds is 4. The summed E-state index contributed by atoms with van der Waals surface area (Å²) in [4.78, 5) is 0. The van der Waals surface area contributed by atoms with E-state index in [1.165, 1.54) is 4.31 Å². The molecule has 0 aromatic heterocycles. The summed E-state index contributed by atoms with van der Waals surface area (Å²) in [7, 11) is -3.27. The van der Waals surface area contributed by atoms with Gasteiger partial charge in [-0.15, -0.1) is 0 Å². The molecule has 2 N–H and O–H groups in total. The van der Waals surface area contributed by atoms with E-state index >= 15 is 0 Å². The van der Waals surface area contributed by atoms with Gasteiger partial charge in [0.2, 0.25) is 0 Å². The van der Waals surface area contributed by atoms with Gasteiger partial charge in [0.15, 0.2) is 0 Å². The third kappa shape index (κ3) is 2.94. The summed E-state index contributed by atoms with van der Waals surface area (Å²) in [5.41, 5.74) is 0. The molecule has 1 unspecified atom stereocenters. The maximum Gasteiger partial charge on any atom is 0.279 e. The summed E-state index contributed by atoms with van der Waals surface area (Å²) < 4.78 is 27.9. The Kier molecular flexibility index (Phi) is 3.53. The Hall–Kier alpha value is -0.170. The average Bonchev–Trinajstić information content (AvgIpc) is 3.01. The van der Waals surface area contributed by atoms with Crippen molar-refractivity contribution in [3.8, 4) is 0 Å². The van der Waals surface area contributed by atoms with Crippen molar-refractivity contribution in [2.75, 3.05) is 13.1 Å². The predicted molar refractivity (Wildman–Crippen MR) is 61.1 cm³/mol. The minimum absolute atomic E-state index is 0.166. The van der Waals surface area contributed by atoms with Gasteiger partial charge in [0, 0.05) is 19.1 Å². The zero-order valence-corrected chi connectivity index (χ0v) is 10.4. The van der Waals surface area contributed by atoms with Crippen molar-refractivity contribution in [2.24, 2.45) is 5.92 Å². The molecule has 0 spiro atoms. The van der Waals surface area contributed by atoms with Crippen LogP contribution in [0, 0.1) is 5.92 Å². The molecular formula is C10H20N2O3S. The molecule has 2 aliphatic rings. The highest BCUT2D eigenvalue weighted by atomic mass is 32.2. The third-order valence-electron chi connectivity index (χ3n) is 3.41. The van der Waals surface area contributed by atoms with E-state index in [-0.39, 0.29) is 18.1 Å². The van der Waals surface area contributed by atoms with Gasteiger partial charge in [-0.3, -0.25) is 0 Å². The van der Waals surface area contributed by atoms with Gasteiger partial charge in [-0.2, -0.15) is 17.4 Å². The highest BCUT2D eigenvalue weighted by Gasteiger charge is 2.33. The molecule has 94 valence electrons. The molecule has 1 saturated heterocycles. The standard InChI is InChI=1S/C10H20N2O3S/c1-8(13)9-4-6-12(7-5-9)16(14,15)11-10-2-3-10/h8-11,13H,2-7H2,1H3. The summed E-state index contributed by atoms with van der Waals surface area (Å²) in [6.45, 7) is 2.83. The minimum Gasteiger partial charge on any atom is -0.393 e. The first-order valence-electron chi connectivity index (χ1n) is 5.94. The van der Waals surface area contributed by atoms with Gasteiger partial charge in [0.1, 0.15) is 0 Å². The van der Waals surface area contributed by atoms with E-state index in [1.807, 2.05) is 0 Å². The molecule has 6 heteroatoms. The molecule has 2 fully saturated rings. The number of hydrogen-bond acceptors (Lipinski definition) is 3. The van der Waals surface area contributed by atoms with E-state index < -0.39 is 10.2 Å². The summed E-state index contributed by atoms with van der Waals surface area (Å²) >= 11 is 0. The van der Waals surface area contributed by atoms with Crippen LogP contribution < -0.4 is 4.72 Å². The molecule has 5 nitrogen and oxygen atoms in total. The van der Waals surface area contributed by atoms with Crippen LogP contribution in [0.2, 0.25) is 0 Å². The first-order valence-corrected chi connectivity index (χ1v) is 7.38. The zero-order valence-electron chi connectivity index (χ0n) is 9.59. The largest absolute Gasteiger partial charge is 0.393 e. The second-order valence-corrected chi connectivity index (χ2v) is 6.58. The van der Waals surface area contributed by atoms with Crippen LogP contribution in [-0.2, 0) is 10.2 Å². The molecule has 16 heavy (non-hydrogen) atoms. The summed E-state index contributed by atoms with van der Waals surface area (Å²) in [6, 6.07) is 0.166. The Labute approximate surface area is 97.0 Å². The van der Waals surface area contributed by atoms with Crippen molar-refractivity contribution in [3.63, 3.8) is 0 Å². The van der Waals surface area contributed by atoms with Crippen LogP contribution in [-0.4, -0.2) is 43.1 Å². The zero-order chi connectivity index (χ0) is 11.8. The van der Waals surface area contributed by atoms with Crippen molar-refractivity contribution in [1.29, 1.82) is 0 Å². The molecule has 0 radical (unpaired) electrons. The van der Waals surface area contributed by atoms with Gasteiger partial charge >= 0.3 is 0 Å². The number of piperidine rings is 1. The molecular weight excluding hydrogens is 228 g/mol. The Balaban J connectivity index is 1.87. The topological polar surface area (TPSA) is 69.6 Å². The van der Waals surface area contributed by atoms with Crippen molar-refractivity contribution >= 4 is 10.2 Å². The SMILES string of the molecule is CC(O)C1CCN(S(=O)(=O)NC2CC2)CC1. The summed E-state index contributed by atoms with van der Waals surface area (Å²) in [6.07, 6.45) is 3.10. The highest BCUT2D eigenvalue weighted by molar-refractivity contribution is 7.87. The van der Waals surface area contributed by atoms with Crippen LogP contribution in [0.3, 0.4) is 0 Å². The van der Waals surface area contributed by atoms with Gasteiger partial charge in [-0.1, -0.05) is 0 Å². The van der Waals surface area contributed by atoms with Crippen LogP contribution in [0.4, 0.5) is 0 Å². The smallest absolute Gasteiger partial charge is 0.279 e. The predicted octanol–water partition coefficient (Wildman–Crippen LogP) is 0.0760. The molecule has 1 aliphatic heterocycles. The van der Waals surface area contributed by atoms with Crippen molar-refractivity contribution in [2.45, 2.75) is 44.8 Å². The van der Waals surface area contributed by atoms with E-state index in [2.05, 4.69) is 4.72 Å². The molecule has 0 aromatic carbocycles. The molecule has 1 atom stereocenters. The second-order valence-electron chi connectivity index (χ2n) is 4.87. The van der Waals surface area contributed by atoms with E-state index in [0.29, 0.717) is 13.1 Å². The quantitative estimate of drug-likeness (QED) is 0.740. The van der Waals surface area contributed by atoms with Gasteiger partial charge in [0.25, 0.3) is 10.2 Å². The molecule has 0 amide bonds. The lowest BCUT2D eigenvalue weighted by molar-refractivity contribution is 0.0909. The normalized spacial score (nSPS) is 26.9. The van der Waals surface area contributed by atoms with E-state index in [9.17, 15) is 13.5 Å². The fraction of sp³-hybridized carbons (Fsp3) is 1.00. The van der Waals surface area contributed by atoms with Gasteiger partial charge < -0.3 is 5.11 Å². The Morgan fingerprint density at radius 2 is 1.81 bits per heavy atom.